The molecule has 0 bridgehead atoms. The van der Waals surface area contributed by atoms with E-state index in [-0.39, 0.29) is 5.91 Å². The normalized spacial score (nSPS) is 10.4. The van der Waals surface area contributed by atoms with Crippen LogP contribution in [-0.2, 0) is 7.05 Å². The lowest BCUT2D eigenvalue weighted by Crippen LogP contribution is -2.15. The van der Waals surface area contributed by atoms with Crippen molar-refractivity contribution in [2.24, 2.45) is 7.05 Å². The van der Waals surface area contributed by atoms with Crippen molar-refractivity contribution in [3.8, 4) is 0 Å². The molecular formula is C12H15N5O. The molecule has 0 aromatic carbocycles. The number of rotatable bonds is 2. The van der Waals surface area contributed by atoms with Gasteiger partial charge in [0.15, 0.2) is 0 Å². The van der Waals surface area contributed by atoms with Crippen molar-refractivity contribution >= 4 is 11.6 Å². The summed E-state index contributed by atoms with van der Waals surface area (Å²) in [5.41, 5.74) is 3.48. The van der Waals surface area contributed by atoms with Crippen molar-refractivity contribution in [2.45, 2.75) is 20.8 Å². The van der Waals surface area contributed by atoms with Gasteiger partial charge in [-0.3, -0.25) is 14.5 Å². The Hall–Kier alpha value is -2.24. The highest BCUT2D eigenvalue weighted by Crippen LogP contribution is 2.18. The fourth-order valence-electron chi connectivity index (χ4n) is 1.64. The molecule has 6 heteroatoms. The summed E-state index contributed by atoms with van der Waals surface area (Å²) in [6.45, 7) is 5.57. The third-order valence-electron chi connectivity index (χ3n) is 2.76. The number of anilines is 1. The van der Waals surface area contributed by atoms with E-state index in [0.717, 1.165) is 22.8 Å². The molecule has 2 heterocycles. The summed E-state index contributed by atoms with van der Waals surface area (Å²) in [5, 5.41) is 7.05. The highest BCUT2D eigenvalue weighted by molar-refractivity contribution is 6.03. The van der Waals surface area contributed by atoms with Crippen LogP contribution in [0.3, 0.4) is 0 Å². The van der Waals surface area contributed by atoms with Gasteiger partial charge in [0.1, 0.15) is 5.69 Å². The summed E-state index contributed by atoms with van der Waals surface area (Å²) in [5.74, 6) is -0.276. The number of nitrogens with one attached hydrogen (secondary N) is 1. The van der Waals surface area contributed by atoms with Crippen LogP contribution in [0.1, 0.15) is 27.6 Å². The summed E-state index contributed by atoms with van der Waals surface area (Å²) in [6, 6.07) is 0. The Morgan fingerprint density at radius 2 is 1.94 bits per heavy atom. The van der Waals surface area contributed by atoms with Gasteiger partial charge in [0.2, 0.25) is 0 Å². The fourth-order valence-corrected chi connectivity index (χ4v) is 1.64. The van der Waals surface area contributed by atoms with Gasteiger partial charge in [-0.15, -0.1) is 0 Å². The molecule has 6 nitrogen and oxygen atoms in total. The number of aryl methyl sites for hydroxylation is 3. The molecule has 2 aromatic heterocycles. The molecule has 0 saturated carbocycles. The molecule has 0 atom stereocenters. The monoisotopic (exact) mass is 245 g/mol. The molecule has 0 spiro atoms. The predicted molar refractivity (Wildman–Crippen MR) is 67.4 cm³/mol. The van der Waals surface area contributed by atoms with E-state index in [4.69, 9.17) is 0 Å². The van der Waals surface area contributed by atoms with Gasteiger partial charge in [-0.2, -0.15) is 5.10 Å². The average Bonchev–Trinajstić information content (AvgIpc) is 2.57. The van der Waals surface area contributed by atoms with E-state index in [2.05, 4.69) is 20.4 Å². The van der Waals surface area contributed by atoms with Crippen LogP contribution in [0.25, 0.3) is 0 Å². The summed E-state index contributed by atoms with van der Waals surface area (Å²) >= 11 is 0. The first-order valence-corrected chi connectivity index (χ1v) is 5.59. The molecular weight excluding hydrogens is 230 g/mol. The fraction of sp³-hybridized carbons (Fsp3) is 0.333. The van der Waals surface area contributed by atoms with Gasteiger partial charge < -0.3 is 5.32 Å². The number of hydrogen-bond acceptors (Lipinski definition) is 4. The van der Waals surface area contributed by atoms with Crippen molar-refractivity contribution in [2.75, 3.05) is 5.32 Å². The number of amides is 1. The van der Waals surface area contributed by atoms with Gasteiger partial charge in [0.25, 0.3) is 5.91 Å². The minimum atomic E-state index is -0.276. The summed E-state index contributed by atoms with van der Waals surface area (Å²) < 4.78 is 1.73. The minimum absolute atomic E-state index is 0.276. The molecule has 0 aliphatic heterocycles. The molecule has 1 N–H and O–H groups in total. The maximum absolute atomic E-state index is 12.0. The zero-order valence-electron chi connectivity index (χ0n) is 10.9. The molecule has 0 saturated heterocycles. The largest absolute Gasteiger partial charge is 0.317 e. The van der Waals surface area contributed by atoms with Crippen LogP contribution in [0.4, 0.5) is 5.69 Å². The number of carbonyl (C=O) groups excluding carboxylic acids is 1. The van der Waals surface area contributed by atoms with Crippen molar-refractivity contribution in [3.05, 3.63) is 35.2 Å². The van der Waals surface area contributed by atoms with Gasteiger partial charge in [-0.05, 0) is 20.8 Å². The lowest BCUT2D eigenvalue weighted by Gasteiger charge is -2.04. The highest BCUT2D eigenvalue weighted by atomic mass is 16.1. The van der Waals surface area contributed by atoms with Crippen LogP contribution >= 0.6 is 0 Å². The van der Waals surface area contributed by atoms with E-state index in [1.54, 1.807) is 10.9 Å². The van der Waals surface area contributed by atoms with E-state index >= 15 is 0 Å². The average molecular weight is 245 g/mol. The third-order valence-corrected chi connectivity index (χ3v) is 2.76. The standard InChI is InChI=1S/C12H15N5O/c1-7-5-14-10(6-13-7)12(18)15-11-8(2)16-17(4)9(11)3/h5-6H,1-4H3,(H,15,18). The van der Waals surface area contributed by atoms with Gasteiger partial charge in [-0.25, -0.2) is 4.98 Å². The number of hydrogen-bond donors (Lipinski definition) is 1. The first kappa shape index (κ1) is 12.2. The van der Waals surface area contributed by atoms with E-state index < -0.39 is 0 Å². The number of aromatic nitrogens is 4. The van der Waals surface area contributed by atoms with Crippen LogP contribution in [0.2, 0.25) is 0 Å². The van der Waals surface area contributed by atoms with Crippen LogP contribution in [-0.4, -0.2) is 25.7 Å². The zero-order valence-corrected chi connectivity index (χ0v) is 10.9. The van der Waals surface area contributed by atoms with Crippen LogP contribution in [0, 0.1) is 20.8 Å². The second-order valence-electron chi connectivity index (χ2n) is 4.17. The molecule has 1 amide bonds. The topological polar surface area (TPSA) is 72.7 Å². The second kappa shape index (κ2) is 4.56. The van der Waals surface area contributed by atoms with Crippen LogP contribution < -0.4 is 5.32 Å². The lowest BCUT2D eigenvalue weighted by molar-refractivity contribution is 0.102. The molecule has 0 radical (unpaired) electrons. The maximum Gasteiger partial charge on any atom is 0.275 e. The van der Waals surface area contributed by atoms with E-state index in [0.29, 0.717) is 5.69 Å². The molecule has 0 fully saturated rings. The molecule has 18 heavy (non-hydrogen) atoms. The number of nitrogens with zero attached hydrogens (tertiary/aromatic N) is 4. The van der Waals surface area contributed by atoms with Gasteiger partial charge in [0.05, 0.1) is 29.0 Å². The molecule has 2 rings (SSSR count). The zero-order chi connectivity index (χ0) is 13.3. The van der Waals surface area contributed by atoms with Gasteiger partial charge in [0, 0.05) is 13.2 Å². The van der Waals surface area contributed by atoms with E-state index in [9.17, 15) is 4.79 Å². The second-order valence-corrected chi connectivity index (χ2v) is 4.17. The summed E-state index contributed by atoms with van der Waals surface area (Å²) in [6.07, 6.45) is 3.03. The Kier molecular flexibility index (Phi) is 3.10. The van der Waals surface area contributed by atoms with Gasteiger partial charge >= 0.3 is 0 Å². The quantitative estimate of drug-likeness (QED) is 0.867. The summed E-state index contributed by atoms with van der Waals surface area (Å²) in [7, 11) is 1.84. The first-order chi connectivity index (χ1) is 8.49. The molecule has 2 aromatic rings. The smallest absolute Gasteiger partial charge is 0.275 e. The van der Waals surface area contributed by atoms with Gasteiger partial charge in [-0.1, -0.05) is 0 Å². The maximum atomic E-state index is 12.0. The predicted octanol–water partition coefficient (Wildman–Crippen LogP) is 1.39. The Labute approximate surface area is 105 Å². The van der Waals surface area contributed by atoms with Crippen molar-refractivity contribution in [1.29, 1.82) is 0 Å². The molecule has 94 valence electrons. The van der Waals surface area contributed by atoms with E-state index in [1.807, 2.05) is 27.8 Å². The Bertz CT molecular complexity index is 585. The lowest BCUT2D eigenvalue weighted by atomic mass is 10.3. The van der Waals surface area contributed by atoms with Crippen molar-refractivity contribution in [1.82, 2.24) is 19.7 Å². The third kappa shape index (κ3) is 2.22. The minimum Gasteiger partial charge on any atom is -0.317 e. The Morgan fingerprint density at radius 1 is 1.22 bits per heavy atom. The number of carbonyl (C=O) groups is 1. The van der Waals surface area contributed by atoms with Crippen molar-refractivity contribution < 1.29 is 4.79 Å². The molecule has 0 aliphatic rings. The highest BCUT2D eigenvalue weighted by Gasteiger charge is 2.14. The van der Waals surface area contributed by atoms with Crippen LogP contribution in [0.15, 0.2) is 12.4 Å². The van der Waals surface area contributed by atoms with E-state index in [1.165, 1.54) is 6.20 Å². The SMILES string of the molecule is Cc1cnc(C(=O)Nc2c(C)nn(C)c2C)cn1. The summed E-state index contributed by atoms with van der Waals surface area (Å²) in [4.78, 5) is 20.1. The van der Waals surface area contributed by atoms with Crippen molar-refractivity contribution in [3.63, 3.8) is 0 Å². The Balaban J connectivity index is 2.24. The first-order valence-electron chi connectivity index (χ1n) is 5.59. The Morgan fingerprint density at radius 3 is 2.44 bits per heavy atom. The molecule has 0 aliphatic carbocycles. The van der Waals surface area contributed by atoms with Crippen LogP contribution in [0.5, 0.6) is 0 Å². The molecule has 0 unspecified atom stereocenters.